The molecule has 0 aromatic carbocycles. The largest absolute Gasteiger partial charge is 0.323 e. The highest BCUT2D eigenvalue weighted by Crippen LogP contribution is 2.10. The Hall–Kier alpha value is -0.600. The molecule has 0 aliphatic rings. The Kier molecular flexibility index (Phi) is 4.86. The van der Waals surface area contributed by atoms with Gasteiger partial charge in [0.1, 0.15) is 0 Å². The van der Waals surface area contributed by atoms with Gasteiger partial charge in [-0.1, -0.05) is 6.92 Å². The number of aromatic nitrogens is 1. The fourth-order valence-corrected chi connectivity index (χ4v) is 0.971. The van der Waals surface area contributed by atoms with Crippen LogP contribution in [-0.4, -0.2) is 4.98 Å². The zero-order chi connectivity index (χ0) is 8.27. The summed E-state index contributed by atoms with van der Waals surface area (Å²) in [6, 6.07) is 4.11. The van der Waals surface area contributed by atoms with Crippen molar-refractivity contribution >= 4 is 12.4 Å². The molecule has 1 unspecified atom stereocenters. The highest BCUT2D eigenvalue weighted by atomic mass is 35.5. The van der Waals surface area contributed by atoms with Crippen LogP contribution in [-0.2, 0) is 0 Å². The Morgan fingerprint density at radius 1 is 1.58 bits per heavy atom. The minimum Gasteiger partial charge on any atom is -0.323 e. The number of halogens is 1. The molecule has 1 aromatic heterocycles. The summed E-state index contributed by atoms with van der Waals surface area (Å²) in [5.41, 5.74) is 8.01. The van der Waals surface area contributed by atoms with Gasteiger partial charge in [-0.2, -0.15) is 0 Å². The van der Waals surface area contributed by atoms with Gasteiger partial charge in [0.15, 0.2) is 0 Å². The van der Waals surface area contributed by atoms with E-state index in [1.807, 2.05) is 19.1 Å². The van der Waals surface area contributed by atoms with Crippen LogP contribution >= 0.6 is 12.4 Å². The number of pyridine rings is 1. The third-order valence-corrected chi connectivity index (χ3v) is 1.76. The Balaban J connectivity index is 0.00000121. The maximum Gasteiger partial charge on any atom is 0.0573 e. The maximum absolute atomic E-state index is 5.80. The van der Waals surface area contributed by atoms with E-state index < -0.39 is 0 Å². The average Bonchev–Trinajstić information content (AvgIpc) is 2.03. The molecule has 2 N–H and O–H groups in total. The molecule has 1 rings (SSSR count). The average molecular weight is 187 g/mol. The summed E-state index contributed by atoms with van der Waals surface area (Å²) >= 11 is 0. The van der Waals surface area contributed by atoms with Crippen molar-refractivity contribution in [3.63, 3.8) is 0 Å². The number of rotatable bonds is 2. The van der Waals surface area contributed by atoms with Crippen LogP contribution in [0.2, 0.25) is 0 Å². The Morgan fingerprint density at radius 3 is 2.75 bits per heavy atom. The summed E-state index contributed by atoms with van der Waals surface area (Å²) in [7, 11) is 0. The number of nitrogens with zero attached hydrogens (tertiary/aromatic N) is 1. The van der Waals surface area contributed by atoms with Crippen LogP contribution < -0.4 is 5.73 Å². The molecule has 1 aromatic rings. The summed E-state index contributed by atoms with van der Waals surface area (Å²) in [5, 5.41) is 0. The van der Waals surface area contributed by atoms with Crippen molar-refractivity contribution in [1.29, 1.82) is 0 Å². The molecule has 12 heavy (non-hydrogen) atoms. The fourth-order valence-electron chi connectivity index (χ4n) is 0.971. The van der Waals surface area contributed by atoms with Gasteiger partial charge in [0.2, 0.25) is 0 Å². The Labute approximate surface area is 79.6 Å². The molecule has 3 heteroatoms. The van der Waals surface area contributed by atoms with E-state index in [2.05, 4.69) is 11.9 Å². The van der Waals surface area contributed by atoms with Gasteiger partial charge in [-0.25, -0.2) is 0 Å². The van der Waals surface area contributed by atoms with E-state index in [4.69, 9.17) is 5.73 Å². The lowest BCUT2D eigenvalue weighted by atomic mass is 10.1. The summed E-state index contributed by atoms with van der Waals surface area (Å²) in [6.07, 6.45) is 2.75. The molecule has 0 saturated heterocycles. The predicted octanol–water partition coefficient (Wildman–Crippen LogP) is 2.22. The van der Waals surface area contributed by atoms with E-state index in [0.717, 1.165) is 12.1 Å². The highest BCUT2D eigenvalue weighted by molar-refractivity contribution is 5.85. The van der Waals surface area contributed by atoms with E-state index in [-0.39, 0.29) is 18.4 Å². The first-order chi connectivity index (χ1) is 5.24. The number of hydrogen-bond donors (Lipinski definition) is 1. The molecule has 0 bridgehead atoms. The van der Waals surface area contributed by atoms with Crippen molar-refractivity contribution < 1.29 is 0 Å². The predicted molar refractivity (Wildman–Crippen MR) is 53.4 cm³/mol. The number of aryl methyl sites for hydroxylation is 1. The summed E-state index contributed by atoms with van der Waals surface area (Å²) in [4.78, 5) is 4.19. The third kappa shape index (κ3) is 2.80. The standard InChI is InChI=1S/C9H14N2.ClH/c1-3-8(10)9-6-7(2)4-5-11-9;/h4-6,8H,3,10H2,1-2H3;1H. The first-order valence-electron chi connectivity index (χ1n) is 3.92. The molecule has 68 valence electrons. The van der Waals surface area contributed by atoms with E-state index in [0.29, 0.717) is 0 Å². The molecular formula is C9H15ClN2. The second kappa shape index (κ2) is 5.12. The summed E-state index contributed by atoms with van der Waals surface area (Å²) in [5.74, 6) is 0. The quantitative estimate of drug-likeness (QED) is 0.770. The van der Waals surface area contributed by atoms with E-state index in [9.17, 15) is 0 Å². The molecule has 0 amide bonds. The highest BCUT2D eigenvalue weighted by Gasteiger charge is 2.02. The van der Waals surface area contributed by atoms with Gasteiger partial charge in [-0.3, -0.25) is 4.98 Å². The normalized spacial score (nSPS) is 11.9. The molecule has 0 spiro atoms. The summed E-state index contributed by atoms with van der Waals surface area (Å²) in [6.45, 7) is 4.11. The minimum atomic E-state index is 0. The molecule has 0 aliphatic carbocycles. The molecule has 0 fully saturated rings. The molecule has 1 atom stereocenters. The number of nitrogens with two attached hydrogens (primary N) is 1. The molecular weight excluding hydrogens is 172 g/mol. The summed E-state index contributed by atoms with van der Waals surface area (Å²) < 4.78 is 0. The van der Waals surface area contributed by atoms with Crippen molar-refractivity contribution in [2.75, 3.05) is 0 Å². The van der Waals surface area contributed by atoms with Crippen LogP contribution in [0.3, 0.4) is 0 Å². The lowest BCUT2D eigenvalue weighted by Gasteiger charge is -2.07. The van der Waals surface area contributed by atoms with Crippen molar-refractivity contribution in [3.8, 4) is 0 Å². The number of hydrogen-bond acceptors (Lipinski definition) is 2. The maximum atomic E-state index is 5.80. The molecule has 1 heterocycles. The van der Waals surface area contributed by atoms with Crippen LogP contribution in [0.4, 0.5) is 0 Å². The molecule has 0 aliphatic heterocycles. The van der Waals surface area contributed by atoms with Crippen LogP contribution in [0.5, 0.6) is 0 Å². The van der Waals surface area contributed by atoms with E-state index in [1.165, 1.54) is 5.56 Å². The second-order valence-corrected chi connectivity index (χ2v) is 2.77. The minimum absolute atomic E-state index is 0. The van der Waals surface area contributed by atoms with Gasteiger partial charge in [-0.05, 0) is 31.0 Å². The van der Waals surface area contributed by atoms with E-state index in [1.54, 1.807) is 6.20 Å². The van der Waals surface area contributed by atoms with Gasteiger partial charge in [0, 0.05) is 12.2 Å². The fraction of sp³-hybridized carbons (Fsp3) is 0.444. The first-order valence-corrected chi connectivity index (χ1v) is 3.92. The Bertz CT molecular complexity index is 238. The van der Waals surface area contributed by atoms with Crippen LogP contribution in [0.25, 0.3) is 0 Å². The zero-order valence-electron chi connectivity index (χ0n) is 7.45. The monoisotopic (exact) mass is 186 g/mol. The first kappa shape index (κ1) is 11.4. The zero-order valence-corrected chi connectivity index (χ0v) is 8.27. The van der Waals surface area contributed by atoms with E-state index >= 15 is 0 Å². The second-order valence-electron chi connectivity index (χ2n) is 2.77. The van der Waals surface area contributed by atoms with Gasteiger partial charge in [0.05, 0.1) is 5.69 Å². The smallest absolute Gasteiger partial charge is 0.0573 e. The lowest BCUT2D eigenvalue weighted by molar-refractivity contribution is 0.674. The Morgan fingerprint density at radius 2 is 2.25 bits per heavy atom. The van der Waals surface area contributed by atoms with Crippen LogP contribution in [0.15, 0.2) is 18.3 Å². The van der Waals surface area contributed by atoms with Crippen molar-refractivity contribution in [1.82, 2.24) is 4.98 Å². The van der Waals surface area contributed by atoms with Crippen LogP contribution in [0, 0.1) is 6.92 Å². The van der Waals surface area contributed by atoms with Crippen LogP contribution in [0.1, 0.15) is 30.6 Å². The van der Waals surface area contributed by atoms with Gasteiger partial charge >= 0.3 is 0 Å². The van der Waals surface area contributed by atoms with Gasteiger partial charge < -0.3 is 5.73 Å². The van der Waals surface area contributed by atoms with Crippen molar-refractivity contribution in [2.45, 2.75) is 26.3 Å². The van der Waals surface area contributed by atoms with Gasteiger partial charge in [0.25, 0.3) is 0 Å². The molecule has 0 radical (unpaired) electrons. The molecule has 0 saturated carbocycles. The topological polar surface area (TPSA) is 38.9 Å². The lowest BCUT2D eigenvalue weighted by Crippen LogP contribution is -2.10. The van der Waals surface area contributed by atoms with Gasteiger partial charge in [-0.15, -0.1) is 12.4 Å². The van der Waals surface area contributed by atoms with Crippen molar-refractivity contribution in [2.24, 2.45) is 5.73 Å². The third-order valence-electron chi connectivity index (χ3n) is 1.76. The SMILES string of the molecule is CCC(N)c1cc(C)ccn1.Cl. The molecule has 2 nitrogen and oxygen atoms in total. The van der Waals surface area contributed by atoms with Crippen molar-refractivity contribution in [3.05, 3.63) is 29.6 Å².